The van der Waals surface area contributed by atoms with Gasteiger partial charge in [0.1, 0.15) is 6.10 Å². The zero-order valence-electron chi connectivity index (χ0n) is 19.5. The number of alkyl halides is 3. The SMILES string of the molecule is COc1c([C@H]2[C@H](c3[nH]c(C)cc(=O)c3C3CCCC3)O[C@@](C)(C(F)(F)F)[C@H]2C)ccc(F)c1F. The van der Waals surface area contributed by atoms with Crippen molar-refractivity contribution in [3.05, 3.63) is 62.6 Å². The summed E-state index contributed by atoms with van der Waals surface area (Å²) >= 11 is 0. The smallest absolute Gasteiger partial charge is 0.417 e. The Morgan fingerprint density at radius 2 is 1.82 bits per heavy atom. The fourth-order valence-electron chi connectivity index (χ4n) is 5.64. The summed E-state index contributed by atoms with van der Waals surface area (Å²) in [5, 5.41) is 0. The van der Waals surface area contributed by atoms with Crippen LogP contribution in [0.5, 0.6) is 5.75 Å². The normalized spacial score (nSPS) is 28.0. The van der Waals surface area contributed by atoms with Gasteiger partial charge in [0.15, 0.2) is 22.6 Å². The van der Waals surface area contributed by atoms with Crippen LogP contribution in [0.1, 0.15) is 80.0 Å². The van der Waals surface area contributed by atoms with E-state index in [4.69, 9.17) is 9.47 Å². The highest BCUT2D eigenvalue weighted by atomic mass is 19.4. The fourth-order valence-corrected chi connectivity index (χ4v) is 5.64. The van der Waals surface area contributed by atoms with E-state index in [1.165, 1.54) is 19.1 Å². The Morgan fingerprint density at radius 3 is 2.41 bits per heavy atom. The van der Waals surface area contributed by atoms with Gasteiger partial charge in [0.2, 0.25) is 5.82 Å². The average Bonchev–Trinajstić information content (AvgIpc) is 3.37. The minimum absolute atomic E-state index is 0.0617. The maximum absolute atomic E-state index is 14.6. The molecule has 0 bridgehead atoms. The van der Waals surface area contributed by atoms with Crippen molar-refractivity contribution in [3.8, 4) is 5.75 Å². The molecule has 0 spiro atoms. The monoisotopic (exact) mass is 485 g/mol. The molecule has 1 aliphatic heterocycles. The van der Waals surface area contributed by atoms with E-state index < -0.39 is 47.1 Å². The predicted octanol–water partition coefficient (Wildman–Crippen LogP) is 6.44. The molecule has 2 aromatic rings. The Kier molecular flexibility index (Phi) is 6.29. The van der Waals surface area contributed by atoms with Crippen LogP contribution in [0, 0.1) is 24.5 Å². The van der Waals surface area contributed by atoms with Crippen LogP contribution in [0.15, 0.2) is 23.0 Å². The lowest BCUT2D eigenvalue weighted by atomic mass is 9.75. The molecule has 0 amide bonds. The van der Waals surface area contributed by atoms with Crippen molar-refractivity contribution in [1.29, 1.82) is 0 Å². The highest BCUT2D eigenvalue weighted by Gasteiger charge is 2.65. The van der Waals surface area contributed by atoms with Gasteiger partial charge in [-0.2, -0.15) is 17.6 Å². The first kappa shape index (κ1) is 24.7. The maximum Gasteiger partial charge on any atom is 0.417 e. The second-order valence-electron chi connectivity index (χ2n) is 9.57. The maximum atomic E-state index is 14.6. The Morgan fingerprint density at radius 1 is 1.18 bits per heavy atom. The largest absolute Gasteiger partial charge is 0.493 e. The van der Waals surface area contributed by atoms with Crippen LogP contribution in [0.2, 0.25) is 0 Å². The van der Waals surface area contributed by atoms with Crippen molar-refractivity contribution >= 4 is 0 Å². The van der Waals surface area contributed by atoms with Crippen LogP contribution in [-0.4, -0.2) is 23.9 Å². The molecular weight excluding hydrogens is 457 g/mol. The summed E-state index contributed by atoms with van der Waals surface area (Å²) in [5.74, 6) is -5.28. The number of hydrogen-bond donors (Lipinski definition) is 1. The molecule has 186 valence electrons. The molecule has 2 aliphatic rings. The van der Waals surface area contributed by atoms with Gasteiger partial charge >= 0.3 is 6.18 Å². The molecule has 0 unspecified atom stereocenters. The number of aromatic amines is 1. The summed E-state index contributed by atoms with van der Waals surface area (Å²) in [4.78, 5) is 16.2. The Balaban J connectivity index is 1.98. The van der Waals surface area contributed by atoms with E-state index in [0.29, 0.717) is 11.3 Å². The molecule has 1 N–H and O–H groups in total. The number of hydrogen-bond acceptors (Lipinski definition) is 3. The molecule has 4 nitrogen and oxygen atoms in total. The first-order valence-electron chi connectivity index (χ1n) is 11.4. The lowest BCUT2D eigenvalue weighted by molar-refractivity contribution is -0.275. The third-order valence-corrected chi connectivity index (χ3v) is 7.60. The van der Waals surface area contributed by atoms with Crippen molar-refractivity contribution < 1.29 is 31.4 Å². The van der Waals surface area contributed by atoms with E-state index in [-0.39, 0.29) is 22.6 Å². The summed E-state index contributed by atoms with van der Waals surface area (Å²) < 4.78 is 82.4. The Hall–Kier alpha value is -2.42. The zero-order chi connectivity index (χ0) is 25.0. The van der Waals surface area contributed by atoms with Gasteiger partial charge in [-0.15, -0.1) is 0 Å². The van der Waals surface area contributed by atoms with Crippen LogP contribution in [0.25, 0.3) is 0 Å². The van der Waals surface area contributed by atoms with Crippen molar-refractivity contribution in [1.82, 2.24) is 4.98 Å². The lowest BCUT2D eigenvalue weighted by Crippen LogP contribution is -2.46. The van der Waals surface area contributed by atoms with Gasteiger partial charge in [-0.25, -0.2) is 4.39 Å². The number of aromatic nitrogens is 1. The molecular formula is C25H28F5NO3. The molecule has 1 saturated carbocycles. The van der Waals surface area contributed by atoms with Gasteiger partial charge in [0.25, 0.3) is 0 Å². The van der Waals surface area contributed by atoms with Crippen LogP contribution < -0.4 is 10.2 Å². The van der Waals surface area contributed by atoms with Crippen molar-refractivity contribution in [2.24, 2.45) is 5.92 Å². The van der Waals surface area contributed by atoms with Gasteiger partial charge in [0.05, 0.1) is 12.8 Å². The highest BCUT2D eigenvalue weighted by molar-refractivity contribution is 5.43. The highest BCUT2D eigenvalue weighted by Crippen LogP contribution is 2.60. The standard InChI is InChI=1S/C25H28F5NO3/c1-12-11-17(32)19(14-7-5-6-8-14)21(31-12)23-18(13(2)24(3,34-23)25(28,29)30)15-9-10-16(26)20(27)22(15)33-4/h9-11,13-14,18,23H,5-8H2,1-4H3,(H,31,32)/t13-,18-,23+,24+/m0/s1. The number of aryl methyl sites for hydroxylation is 1. The second kappa shape index (κ2) is 8.66. The summed E-state index contributed by atoms with van der Waals surface area (Å²) in [6, 6.07) is 3.54. The van der Waals surface area contributed by atoms with Gasteiger partial charge in [-0.1, -0.05) is 25.8 Å². The first-order chi connectivity index (χ1) is 15.9. The molecule has 1 aromatic heterocycles. The number of halogens is 5. The Bertz CT molecular complexity index is 1140. The van der Waals surface area contributed by atoms with E-state index in [2.05, 4.69) is 4.98 Å². The van der Waals surface area contributed by atoms with E-state index in [0.717, 1.165) is 45.8 Å². The first-order valence-corrected chi connectivity index (χ1v) is 11.4. The minimum atomic E-state index is -4.75. The molecule has 9 heteroatoms. The molecule has 0 radical (unpaired) electrons. The molecule has 1 aliphatic carbocycles. The van der Waals surface area contributed by atoms with E-state index >= 15 is 0 Å². The minimum Gasteiger partial charge on any atom is -0.493 e. The third kappa shape index (κ3) is 3.82. The fraction of sp³-hybridized carbons (Fsp3) is 0.560. The summed E-state index contributed by atoms with van der Waals surface area (Å²) in [7, 11) is 1.14. The molecule has 2 heterocycles. The summed E-state index contributed by atoms with van der Waals surface area (Å²) in [6.45, 7) is 3.99. The molecule has 2 fully saturated rings. The Labute approximate surface area is 194 Å². The number of pyridine rings is 1. The van der Waals surface area contributed by atoms with Crippen LogP contribution >= 0.6 is 0 Å². The van der Waals surface area contributed by atoms with Gasteiger partial charge < -0.3 is 14.5 Å². The molecule has 4 rings (SSSR count). The van der Waals surface area contributed by atoms with E-state index in [9.17, 15) is 26.7 Å². The number of benzene rings is 1. The van der Waals surface area contributed by atoms with Crippen LogP contribution in [0.3, 0.4) is 0 Å². The van der Waals surface area contributed by atoms with Gasteiger partial charge in [-0.3, -0.25) is 4.79 Å². The molecule has 34 heavy (non-hydrogen) atoms. The van der Waals surface area contributed by atoms with Crippen molar-refractivity contribution in [2.75, 3.05) is 7.11 Å². The second-order valence-corrected chi connectivity index (χ2v) is 9.57. The van der Waals surface area contributed by atoms with Crippen LogP contribution in [0.4, 0.5) is 22.0 Å². The molecule has 1 aromatic carbocycles. The number of rotatable bonds is 4. The van der Waals surface area contributed by atoms with Crippen molar-refractivity contribution in [3.63, 3.8) is 0 Å². The zero-order valence-corrected chi connectivity index (χ0v) is 19.5. The number of H-pyrrole nitrogens is 1. The van der Waals surface area contributed by atoms with Crippen LogP contribution in [-0.2, 0) is 4.74 Å². The van der Waals surface area contributed by atoms with E-state index in [1.807, 2.05) is 0 Å². The number of ether oxygens (including phenoxy) is 2. The average molecular weight is 485 g/mol. The third-order valence-electron chi connectivity index (χ3n) is 7.60. The summed E-state index contributed by atoms with van der Waals surface area (Å²) in [6.07, 6.45) is -2.67. The number of methoxy groups -OCH3 is 1. The topological polar surface area (TPSA) is 51.3 Å². The quantitative estimate of drug-likeness (QED) is 0.507. The molecule has 4 atom stereocenters. The van der Waals surface area contributed by atoms with E-state index in [1.54, 1.807) is 6.92 Å². The lowest BCUT2D eigenvalue weighted by Gasteiger charge is -2.32. The summed E-state index contributed by atoms with van der Waals surface area (Å²) in [5.41, 5.74) is -1.62. The van der Waals surface area contributed by atoms with Gasteiger partial charge in [-0.05, 0) is 38.7 Å². The van der Waals surface area contributed by atoms with Crippen molar-refractivity contribution in [2.45, 2.75) is 76.2 Å². The van der Waals surface area contributed by atoms with Gasteiger partial charge in [0, 0.05) is 34.7 Å². The molecule has 1 saturated heterocycles. The predicted molar refractivity (Wildman–Crippen MR) is 116 cm³/mol. The number of nitrogens with one attached hydrogen (secondary N) is 1.